The molecule has 0 amide bonds. The monoisotopic (exact) mass is 306 g/mol. The molecule has 0 radical (unpaired) electrons. The molecule has 2 aromatic carbocycles. The fourth-order valence-corrected chi connectivity index (χ4v) is 2.55. The Labute approximate surface area is 125 Å². The molecule has 0 saturated carbocycles. The lowest BCUT2D eigenvalue weighted by atomic mass is 10.1. The van der Waals surface area contributed by atoms with E-state index in [1.165, 1.54) is 0 Å². The van der Waals surface area contributed by atoms with Crippen LogP contribution >= 0.6 is 35.4 Å². The Hall–Kier alpha value is -1.42. The molecule has 0 saturated heterocycles. The predicted molar refractivity (Wildman–Crippen MR) is 82.4 cm³/mol. The van der Waals surface area contributed by atoms with Crippen LogP contribution in [-0.2, 0) is 0 Å². The first-order valence-electron chi connectivity index (χ1n) is 5.60. The summed E-state index contributed by atoms with van der Waals surface area (Å²) in [4.78, 5) is 7.72. The molecule has 94 valence electrons. The lowest BCUT2D eigenvalue weighted by Gasteiger charge is -2.07. The molecule has 5 heteroatoms. The van der Waals surface area contributed by atoms with Gasteiger partial charge in [0.2, 0.25) is 0 Å². The summed E-state index contributed by atoms with van der Waals surface area (Å²) in [7, 11) is 0. The van der Waals surface area contributed by atoms with Gasteiger partial charge in [0, 0.05) is 5.56 Å². The maximum Gasteiger partial charge on any atom is 0.130 e. The summed E-state index contributed by atoms with van der Waals surface area (Å²) in [6, 6.07) is 13.1. The summed E-state index contributed by atoms with van der Waals surface area (Å²) < 4.78 is 0.544. The van der Waals surface area contributed by atoms with Crippen molar-refractivity contribution in [2.45, 2.75) is 0 Å². The molecule has 0 bridgehead atoms. The normalized spacial score (nSPS) is 10.8. The number of fused-ring (bicyclic) bond motifs is 1. The Morgan fingerprint density at radius 1 is 1.00 bits per heavy atom. The molecule has 0 spiro atoms. The second-order valence-electron chi connectivity index (χ2n) is 4.03. The lowest BCUT2D eigenvalue weighted by Crippen LogP contribution is -1.91. The number of aromatic amines is 1. The Bertz CT molecular complexity index is 827. The van der Waals surface area contributed by atoms with Crippen LogP contribution in [0.3, 0.4) is 0 Å². The van der Waals surface area contributed by atoms with E-state index in [4.69, 9.17) is 35.4 Å². The van der Waals surface area contributed by atoms with E-state index in [0.717, 1.165) is 16.6 Å². The van der Waals surface area contributed by atoms with Crippen molar-refractivity contribution < 1.29 is 0 Å². The van der Waals surface area contributed by atoms with E-state index < -0.39 is 0 Å². The topological polar surface area (TPSA) is 28.7 Å². The molecular formula is C14H8Cl2N2S. The molecule has 3 rings (SSSR count). The van der Waals surface area contributed by atoms with Crippen molar-refractivity contribution in [2.75, 3.05) is 0 Å². The van der Waals surface area contributed by atoms with E-state index in [1.54, 1.807) is 6.07 Å². The van der Waals surface area contributed by atoms with Gasteiger partial charge in [0.15, 0.2) is 0 Å². The maximum atomic E-state index is 6.22. The van der Waals surface area contributed by atoms with Crippen molar-refractivity contribution in [1.29, 1.82) is 0 Å². The van der Waals surface area contributed by atoms with Crippen molar-refractivity contribution >= 4 is 46.5 Å². The molecule has 1 aromatic heterocycles. The predicted octanol–water partition coefficient (Wildman–Crippen LogP) is 5.27. The minimum absolute atomic E-state index is 0.464. The van der Waals surface area contributed by atoms with E-state index in [-0.39, 0.29) is 0 Å². The Kier molecular flexibility index (Phi) is 3.27. The van der Waals surface area contributed by atoms with Gasteiger partial charge in [-0.25, -0.2) is 4.98 Å². The fourth-order valence-electron chi connectivity index (χ4n) is 1.90. The van der Waals surface area contributed by atoms with Crippen LogP contribution in [0, 0.1) is 4.64 Å². The average molecular weight is 307 g/mol. The molecule has 1 heterocycles. The number of rotatable bonds is 1. The van der Waals surface area contributed by atoms with Crippen molar-refractivity contribution in [3.05, 3.63) is 57.2 Å². The molecule has 19 heavy (non-hydrogen) atoms. The molecule has 3 aromatic rings. The van der Waals surface area contributed by atoms with Gasteiger partial charge in [-0.3, -0.25) is 0 Å². The van der Waals surface area contributed by atoms with E-state index in [0.29, 0.717) is 20.4 Å². The Balaban J connectivity index is 2.34. The van der Waals surface area contributed by atoms with E-state index in [9.17, 15) is 0 Å². The first kappa shape index (κ1) is 12.6. The van der Waals surface area contributed by atoms with E-state index in [2.05, 4.69) is 9.97 Å². The highest BCUT2D eigenvalue weighted by atomic mass is 35.5. The van der Waals surface area contributed by atoms with Gasteiger partial charge >= 0.3 is 0 Å². The fraction of sp³-hybridized carbons (Fsp3) is 0. The number of benzene rings is 2. The van der Waals surface area contributed by atoms with E-state index >= 15 is 0 Å². The summed E-state index contributed by atoms with van der Waals surface area (Å²) >= 11 is 17.6. The van der Waals surface area contributed by atoms with Crippen LogP contribution in [0.25, 0.3) is 22.3 Å². The zero-order valence-corrected chi connectivity index (χ0v) is 12.0. The number of hydrogen-bond donors (Lipinski definition) is 1. The van der Waals surface area contributed by atoms with Gasteiger partial charge in [-0.15, -0.1) is 0 Å². The zero-order valence-electron chi connectivity index (χ0n) is 9.65. The standard InChI is InChI=1S/C14H8Cl2N2S/c15-9-5-3-4-8(12(9)16)13-14(19)18-11-7-2-1-6-10(11)17-13/h1-7H,(H,18,19). The molecule has 0 unspecified atom stereocenters. The number of nitrogens with zero attached hydrogens (tertiary/aromatic N) is 1. The largest absolute Gasteiger partial charge is 0.343 e. The van der Waals surface area contributed by atoms with Crippen LogP contribution in [0.5, 0.6) is 0 Å². The molecule has 0 aliphatic carbocycles. The lowest BCUT2D eigenvalue weighted by molar-refractivity contribution is 1.27. The van der Waals surface area contributed by atoms with Crippen LogP contribution < -0.4 is 0 Å². The van der Waals surface area contributed by atoms with E-state index in [1.807, 2.05) is 36.4 Å². The average Bonchev–Trinajstić information content (AvgIpc) is 2.41. The number of aromatic nitrogens is 2. The van der Waals surface area contributed by atoms with Crippen LogP contribution in [0.15, 0.2) is 42.5 Å². The van der Waals surface area contributed by atoms with Crippen LogP contribution in [-0.4, -0.2) is 9.97 Å². The van der Waals surface area contributed by atoms with Crippen molar-refractivity contribution in [2.24, 2.45) is 0 Å². The highest BCUT2D eigenvalue weighted by molar-refractivity contribution is 7.71. The number of para-hydroxylation sites is 2. The number of nitrogens with one attached hydrogen (secondary N) is 1. The van der Waals surface area contributed by atoms with Crippen molar-refractivity contribution in [3.63, 3.8) is 0 Å². The number of H-pyrrole nitrogens is 1. The van der Waals surface area contributed by atoms with Crippen LogP contribution in [0.4, 0.5) is 0 Å². The molecule has 0 fully saturated rings. The number of hydrogen-bond acceptors (Lipinski definition) is 2. The third kappa shape index (κ3) is 2.25. The first-order valence-corrected chi connectivity index (χ1v) is 6.76. The van der Waals surface area contributed by atoms with Gasteiger partial charge in [-0.1, -0.05) is 59.7 Å². The molecular weight excluding hydrogens is 299 g/mol. The minimum Gasteiger partial charge on any atom is -0.343 e. The number of halogens is 2. The minimum atomic E-state index is 0.464. The van der Waals surface area contributed by atoms with Gasteiger partial charge in [0.05, 0.1) is 21.1 Å². The highest BCUT2D eigenvalue weighted by Crippen LogP contribution is 2.33. The third-order valence-electron chi connectivity index (χ3n) is 2.81. The summed E-state index contributed by atoms with van der Waals surface area (Å²) in [6.07, 6.45) is 0. The third-order valence-corrected chi connectivity index (χ3v) is 3.92. The second-order valence-corrected chi connectivity index (χ2v) is 5.23. The van der Waals surface area contributed by atoms with Crippen LogP contribution in [0.2, 0.25) is 10.0 Å². The van der Waals surface area contributed by atoms with Gasteiger partial charge < -0.3 is 4.98 Å². The van der Waals surface area contributed by atoms with Gasteiger partial charge in [0.25, 0.3) is 0 Å². The van der Waals surface area contributed by atoms with Gasteiger partial charge in [-0.2, -0.15) is 0 Å². The zero-order chi connectivity index (χ0) is 13.4. The van der Waals surface area contributed by atoms with Gasteiger partial charge in [-0.05, 0) is 18.2 Å². The summed E-state index contributed by atoms with van der Waals surface area (Å²) in [5.74, 6) is 0. The SMILES string of the molecule is S=c1[nH]c2ccccc2nc1-c1cccc(Cl)c1Cl. The second kappa shape index (κ2) is 4.93. The van der Waals surface area contributed by atoms with Crippen molar-refractivity contribution in [1.82, 2.24) is 9.97 Å². The first-order chi connectivity index (χ1) is 9.16. The van der Waals surface area contributed by atoms with Crippen LogP contribution in [0.1, 0.15) is 0 Å². The summed E-state index contributed by atoms with van der Waals surface area (Å²) in [5, 5.41) is 0.954. The molecule has 0 aliphatic heterocycles. The van der Waals surface area contributed by atoms with Gasteiger partial charge in [0.1, 0.15) is 10.3 Å². The summed E-state index contributed by atoms with van der Waals surface area (Å²) in [6.45, 7) is 0. The smallest absolute Gasteiger partial charge is 0.130 e. The quantitative estimate of drug-likeness (QED) is 0.621. The molecule has 0 atom stereocenters. The molecule has 1 N–H and O–H groups in total. The van der Waals surface area contributed by atoms with Crippen molar-refractivity contribution in [3.8, 4) is 11.3 Å². The Morgan fingerprint density at radius 3 is 2.63 bits per heavy atom. The molecule has 0 aliphatic rings. The molecule has 2 nitrogen and oxygen atoms in total. The Morgan fingerprint density at radius 2 is 1.79 bits per heavy atom. The summed E-state index contributed by atoms with van der Waals surface area (Å²) in [5.41, 5.74) is 3.11. The maximum absolute atomic E-state index is 6.22. The highest BCUT2D eigenvalue weighted by Gasteiger charge is 2.10.